The van der Waals surface area contributed by atoms with Gasteiger partial charge in [-0.15, -0.1) is 0 Å². The maximum absolute atomic E-state index is 8.24. The van der Waals surface area contributed by atoms with E-state index in [-0.39, 0.29) is 0 Å². The molecule has 4 heteroatoms. The number of aromatic nitrogens is 1. The predicted molar refractivity (Wildman–Crippen MR) is 47.7 cm³/mol. The van der Waals surface area contributed by atoms with Gasteiger partial charge in [0, 0.05) is 10.7 Å². The lowest BCUT2D eigenvalue weighted by atomic mass is 10.4. The van der Waals surface area contributed by atoms with Crippen molar-refractivity contribution in [3.63, 3.8) is 0 Å². The SMILES string of the molecule is N#CCCOc1cncc(Br)c1. The summed E-state index contributed by atoms with van der Waals surface area (Å²) in [5.74, 6) is 0.680. The molecule has 3 nitrogen and oxygen atoms in total. The first-order chi connectivity index (χ1) is 5.83. The van der Waals surface area contributed by atoms with Gasteiger partial charge in [0.2, 0.25) is 0 Å². The van der Waals surface area contributed by atoms with Gasteiger partial charge < -0.3 is 4.74 Å². The molecule has 0 spiro atoms. The number of rotatable bonds is 3. The second kappa shape index (κ2) is 4.73. The maximum Gasteiger partial charge on any atom is 0.138 e. The summed E-state index contributed by atoms with van der Waals surface area (Å²) in [5, 5.41) is 8.24. The molecular formula is C8H7BrN2O. The van der Waals surface area contributed by atoms with Crippen molar-refractivity contribution in [3.8, 4) is 11.8 Å². The molecule has 0 bridgehead atoms. The third-order valence-electron chi connectivity index (χ3n) is 1.16. The van der Waals surface area contributed by atoms with Gasteiger partial charge >= 0.3 is 0 Å². The minimum absolute atomic E-state index is 0.395. The van der Waals surface area contributed by atoms with Crippen LogP contribution in [0, 0.1) is 11.3 Å². The molecule has 0 unspecified atom stereocenters. The number of pyridine rings is 1. The molecule has 1 rings (SSSR count). The van der Waals surface area contributed by atoms with Crippen molar-refractivity contribution in [1.29, 1.82) is 5.26 Å². The van der Waals surface area contributed by atoms with Gasteiger partial charge in [0.15, 0.2) is 0 Å². The zero-order valence-electron chi connectivity index (χ0n) is 6.33. The summed E-state index contributed by atoms with van der Waals surface area (Å²) in [6.07, 6.45) is 3.69. The van der Waals surface area contributed by atoms with E-state index in [1.807, 2.05) is 12.1 Å². The lowest BCUT2D eigenvalue weighted by Gasteiger charge is -2.01. The Morgan fingerprint density at radius 2 is 2.42 bits per heavy atom. The van der Waals surface area contributed by atoms with Crippen LogP contribution < -0.4 is 4.74 Å². The second-order valence-electron chi connectivity index (χ2n) is 2.10. The van der Waals surface area contributed by atoms with Crippen LogP contribution in [0.5, 0.6) is 5.75 Å². The maximum atomic E-state index is 8.24. The van der Waals surface area contributed by atoms with Gasteiger partial charge in [0.05, 0.1) is 18.7 Å². The van der Waals surface area contributed by atoms with E-state index in [0.29, 0.717) is 18.8 Å². The monoisotopic (exact) mass is 226 g/mol. The Morgan fingerprint density at radius 3 is 3.08 bits per heavy atom. The highest BCUT2D eigenvalue weighted by molar-refractivity contribution is 9.10. The van der Waals surface area contributed by atoms with Crippen LogP contribution in [0.15, 0.2) is 22.9 Å². The Bertz CT molecular complexity index is 295. The number of halogens is 1. The van der Waals surface area contributed by atoms with Gasteiger partial charge in [-0.1, -0.05) is 0 Å². The molecule has 0 aliphatic rings. The summed E-state index contributed by atoms with van der Waals surface area (Å²) in [6, 6.07) is 3.81. The summed E-state index contributed by atoms with van der Waals surface area (Å²) in [6.45, 7) is 0.411. The first kappa shape index (κ1) is 9.01. The molecule has 62 valence electrons. The number of ether oxygens (including phenoxy) is 1. The molecule has 0 radical (unpaired) electrons. The van der Waals surface area contributed by atoms with Gasteiger partial charge in [-0.05, 0) is 22.0 Å². The fourth-order valence-electron chi connectivity index (χ4n) is 0.686. The van der Waals surface area contributed by atoms with Gasteiger partial charge in [-0.25, -0.2) is 0 Å². The van der Waals surface area contributed by atoms with Crippen molar-refractivity contribution in [2.45, 2.75) is 6.42 Å². The molecule has 1 heterocycles. The molecule has 0 saturated heterocycles. The van der Waals surface area contributed by atoms with Crippen LogP contribution in [0.1, 0.15) is 6.42 Å². The molecule has 0 atom stereocenters. The van der Waals surface area contributed by atoms with E-state index >= 15 is 0 Å². The number of hydrogen-bond donors (Lipinski definition) is 0. The van der Waals surface area contributed by atoms with E-state index in [9.17, 15) is 0 Å². The summed E-state index contributed by atoms with van der Waals surface area (Å²) in [5.41, 5.74) is 0. The van der Waals surface area contributed by atoms with Gasteiger partial charge in [-0.3, -0.25) is 4.98 Å². The molecule has 0 aromatic carbocycles. The highest BCUT2D eigenvalue weighted by atomic mass is 79.9. The van der Waals surface area contributed by atoms with Crippen molar-refractivity contribution in [2.75, 3.05) is 6.61 Å². The largest absolute Gasteiger partial charge is 0.491 e. The third-order valence-corrected chi connectivity index (χ3v) is 1.60. The summed E-state index contributed by atoms with van der Waals surface area (Å²) < 4.78 is 6.08. The molecule has 0 saturated carbocycles. The second-order valence-corrected chi connectivity index (χ2v) is 3.01. The zero-order chi connectivity index (χ0) is 8.81. The molecule has 0 N–H and O–H groups in total. The molecule has 0 fully saturated rings. The molecule has 0 amide bonds. The Hall–Kier alpha value is -1.08. The normalized spacial score (nSPS) is 9.00. The van der Waals surface area contributed by atoms with E-state index < -0.39 is 0 Å². The third kappa shape index (κ3) is 2.89. The summed E-state index contributed by atoms with van der Waals surface area (Å²) in [4.78, 5) is 3.91. The number of nitriles is 1. The first-order valence-electron chi connectivity index (χ1n) is 3.43. The first-order valence-corrected chi connectivity index (χ1v) is 4.22. The van der Waals surface area contributed by atoms with Gasteiger partial charge in [0.25, 0.3) is 0 Å². The lowest BCUT2D eigenvalue weighted by Crippen LogP contribution is -1.95. The smallest absolute Gasteiger partial charge is 0.138 e. The lowest BCUT2D eigenvalue weighted by molar-refractivity contribution is 0.325. The average molecular weight is 227 g/mol. The molecule has 0 aliphatic carbocycles. The fraction of sp³-hybridized carbons (Fsp3) is 0.250. The van der Waals surface area contributed by atoms with Crippen LogP contribution in [0.4, 0.5) is 0 Å². The van der Waals surface area contributed by atoms with E-state index in [0.717, 1.165) is 4.47 Å². The van der Waals surface area contributed by atoms with Crippen molar-refractivity contribution < 1.29 is 4.74 Å². The van der Waals surface area contributed by atoms with E-state index in [1.54, 1.807) is 12.4 Å². The topological polar surface area (TPSA) is 45.9 Å². The standard InChI is InChI=1S/C8H7BrN2O/c9-7-4-8(6-11-5-7)12-3-1-2-10/h4-6H,1,3H2. The van der Waals surface area contributed by atoms with Crippen LogP contribution in [0.3, 0.4) is 0 Å². The summed E-state index contributed by atoms with van der Waals surface area (Å²) >= 11 is 3.26. The Balaban J connectivity index is 2.48. The van der Waals surface area contributed by atoms with Crippen molar-refractivity contribution in [2.24, 2.45) is 0 Å². The van der Waals surface area contributed by atoms with Crippen LogP contribution in [-0.4, -0.2) is 11.6 Å². The molecule has 0 aliphatic heterocycles. The van der Waals surface area contributed by atoms with Crippen LogP contribution in [0.2, 0.25) is 0 Å². The number of nitrogens with zero attached hydrogens (tertiary/aromatic N) is 2. The zero-order valence-corrected chi connectivity index (χ0v) is 7.91. The highest BCUT2D eigenvalue weighted by Crippen LogP contribution is 2.15. The predicted octanol–water partition coefficient (Wildman–Crippen LogP) is 2.14. The summed E-state index contributed by atoms with van der Waals surface area (Å²) in [7, 11) is 0. The van der Waals surface area contributed by atoms with Crippen LogP contribution in [-0.2, 0) is 0 Å². The van der Waals surface area contributed by atoms with Crippen LogP contribution >= 0.6 is 15.9 Å². The molecule has 12 heavy (non-hydrogen) atoms. The van der Waals surface area contributed by atoms with Crippen molar-refractivity contribution >= 4 is 15.9 Å². The number of hydrogen-bond acceptors (Lipinski definition) is 3. The Labute approximate surface area is 79.1 Å². The molecule has 1 aromatic heterocycles. The Morgan fingerprint density at radius 1 is 1.58 bits per heavy atom. The highest BCUT2D eigenvalue weighted by Gasteiger charge is 1.93. The molecule has 1 aromatic rings. The van der Waals surface area contributed by atoms with E-state index in [2.05, 4.69) is 20.9 Å². The van der Waals surface area contributed by atoms with Crippen molar-refractivity contribution in [3.05, 3.63) is 22.9 Å². The minimum atomic E-state index is 0.395. The van der Waals surface area contributed by atoms with Crippen LogP contribution in [0.25, 0.3) is 0 Å². The van der Waals surface area contributed by atoms with Gasteiger partial charge in [0.1, 0.15) is 12.4 Å². The quantitative estimate of drug-likeness (QED) is 0.743. The van der Waals surface area contributed by atoms with E-state index in [1.165, 1.54) is 0 Å². The Kier molecular flexibility index (Phi) is 3.55. The fourth-order valence-corrected chi connectivity index (χ4v) is 1.03. The average Bonchev–Trinajstić information content (AvgIpc) is 2.05. The molecular weight excluding hydrogens is 220 g/mol. The minimum Gasteiger partial charge on any atom is -0.491 e. The van der Waals surface area contributed by atoms with Crippen molar-refractivity contribution in [1.82, 2.24) is 4.98 Å². The van der Waals surface area contributed by atoms with E-state index in [4.69, 9.17) is 10.00 Å². The van der Waals surface area contributed by atoms with Gasteiger partial charge in [-0.2, -0.15) is 5.26 Å².